The Morgan fingerprint density at radius 3 is 1.72 bits per heavy atom. The molecule has 0 fully saturated rings. The standard InChI is InChI=1S/C23H16O11.C21H23NO5S.K.2Na/c24-11(9-31-14-3-1-5-16-20(14)12(25)7-18(33-16)22(27)28)10-32-15-4-2-6-17-21(15)13(26)8-19(34-17)23(29)30;1-3-4-5-6-7-13-10-15(28(2,22)26)12-17-19(23)16-11-14(21(24)25)8-9-18(16)27-20(13)17;;;/h1-8,11,24H,9-10H2,(H,27,28)(H,29,30);8-12,22H,3-7H2,1-2H3,(H,24,25);;;/q;;3*+1/p-3. The van der Waals surface area contributed by atoms with Crippen LogP contribution >= 0.6 is 0 Å². The maximum Gasteiger partial charge on any atom is 1.00 e. The van der Waals surface area contributed by atoms with Crippen LogP contribution < -0.4 is 152 Å². The molecule has 1 unspecified atom stereocenters. The molecule has 7 rings (SSSR count). The summed E-state index contributed by atoms with van der Waals surface area (Å²) < 4.78 is 47.4. The van der Waals surface area contributed by atoms with Crippen LogP contribution in [-0.2, 0) is 16.1 Å². The summed E-state index contributed by atoms with van der Waals surface area (Å²) in [6.45, 7) is 1.47. The van der Waals surface area contributed by atoms with Gasteiger partial charge in [0, 0.05) is 23.3 Å². The van der Waals surface area contributed by atoms with Gasteiger partial charge in [-0.05, 0) is 78.6 Å². The van der Waals surface area contributed by atoms with Crippen LogP contribution in [0.25, 0.3) is 43.9 Å². The van der Waals surface area contributed by atoms with E-state index in [1.54, 1.807) is 6.07 Å². The summed E-state index contributed by atoms with van der Waals surface area (Å²) in [4.78, 5) is 71.0. The van der Waals surface area contributed by atoms with Gasteiger partial charge in [-0.1, -0.05) is 38.3 Å². The van der Waals surface area contributed by atoms with E-state index in [2.05, 4.69) is 6.92 Å². The number of carbonyl (C=O) groups excluding carboxylic acids is 3. The van der Waals surface area contributed by atoms with E-state index in [4.69, 9.17) is 27.5 Å². The summed E-state index contributed by atoms with van der Waals surface area (Å²) >= 11 is 0. The molecule has 2 N–H and O–H groups in total. The van der Waals surface area contributed by atoms with Gasteiger partial charge in [-0.15, -0.1) is 0 Å². The molecule has 17 nitrogen and oxygen atoms in total. The molecule has 0 bridgehead atoms. The monoisotopic (exact) mass is 951 g/mol. The van der Waals surface area contributed by atoms with Crippen molar-refractivity contribution in [2.75, 3.05) is 19.5 Å². The van der Waals surface area contributed by atoms with E-state index in [0.717, 1.165) is 43.4 Å². The van der Waals surface area contributed by atoms with Gasteiger partial charge in [0.05, 0.1) is 26.5 Å². The molecule has 0 radical (unpaired) electrons. The minimum Gasteiger partial charge on any atom is -0.545 e. The molecule has 0 saturated carbocycles. The number of aromatic carboxylic acids is 3. The van der Waals surface area contributed by atoms with Gasteiger partial charge in [-0.25, -0.2) is 8.99 Å². The summed E-state index contributed by atoms with van der Waals surface area (Å²) in [6.07, 6.45) is 4.85. The predicted molar refractivity (Wildman–Crippen MR) is 218 cm³/mol. The number of carboxylic acids is 3. The number of benzene rings is 4. The molecule has 21 heteroatoms. The molecule has 0 aliphatic carbocycles. The van der Waals surface area contributed by atoms with Crippen LogP contribution in [0.4, 0.5) is 0 Å². The number of aryl methyl sites for hydroxylation is 1. The van der Waals surface area contributed by atoms with Crippen molar-refractivity contribution in [1.82, 2.24) is 0 Å². The van der Waals surface area contributed by atoms with Gasteiger partial charge >= 0.3 is 110 Å². The number of carbonyl (C=O) groups is 3. The Hall–Kier alpha value is -3.67. The van der Waals surface area contributed by atoms with E-state index in [1.165, 1.54) is 66.9 Å². The Morgan fingerprint density at radius 2 is 1.25 bits per heavy atom. The Bertz CT molecular complexity index is 3090. The molecule has 0 aliphatic heterocycles. The van der Waals surface area contributed by atoms with Gasteiger partial charge < -0.3 is 57.5 Å². The number of ether oxygens (including phenoxy) is 2. The number of hydrogen-bond acceptors (Lipinski definition) is 17. The first-order chi connectivity index (χ1) is 29.5. The number of fused-ring (bicyclic) bond motifs is 4. The van der Waals surface area contributed by atoms with Crippen LogP contribution in [-0.4, -0.2) is 52.8 Å². The Labute approximate surface area is 456 Å². The topological polar surface area (TPSA) is 291 Å². The number of nitrogens with one attached hydrogen (secondary N) is 1. The average molecular weight is 952 g/mol. The quantitative estimate of drug-likeness (QED) is 0.0549. The van der Waals surface area contributed by atoms with E-state index < -0.39 is 61.5 Å². The zero-order valence-corrected chi connectivity index (χ0v) is 44.0. The Kier molecular flexibility index (Phi) is 20.9. The molecule has 3 aromatic heterocycles. The van der Waals surface area contributed by atoms with Gasteiger partial charge in [-0.2, -0.15) is 0 Å². The SMILES string of the molecule is CCCCCCc1cc(S(C)(=N)=O)cc2c(=O)c3cc(C(=O)[O-])ccc3oc12.O=C([O-])c1cc(=O)c2c(OCC(O)COc3cccc4oc(C(=O)[O-])cc(=O)c34)cccc2o1.[K+].[Na+].[Na+]. The molecule has 0 aliphatic rings. The normalized spacial score (nSPS) is 11.7. The second-order valence-corrected chi connectivity index (χ2v) is 16.3. The van der Waals surface area contributed by atoms with Crippen LogP contribution in [0.3, 0.4) is 0 Å². The molecular weight excluding hydrogens is 916 g/mol. The molecular formula is C44H36KNNa2O16S. The van der Waals surface area contributed by atoms with Crippen LogP contribution in [0.5, 0.6) is 11.5 Å². The van der Waals surface area contributed by atoms with Crippen molar-refractivity contribution in [3.8, 4) is 11.5 Å². The summed E-state index contributed by atoms with van der Waals surface area (Å²) in [5, 5.41) is 43.6. The van der Waals surface area contributed by atoms with Crippen LogP contribution in [0.1, 0.15) is 69.6 Å². The van der Waals surface area contributed by atoms with Crippen molar-refractivity contribution in [2.24, 2.45) is 0 Å². The Balaban J connectivity index is 0.000000336. The summed E-state index contributed by atoms with van der Waals surface area (Å²) in [6, 6.07) is 17.3. The maximum atomic E-state index is 13.0. The molecule has 65 heavy (non-hydrogen) atoms. The van der Waals surface area contributed by atoms with Crippen molar-refractivity contribution in [3.63, 3.8) is 0 Å². The summed E-state index contributed by atoms with van der Waals surface area (Å²) in [5.74, 6) is -5.82. The fourth-order valence-electron chi connectivity index (χ4n) is 6.50. The molecule has 7 aromatic rings. The minimum absolute atomic E-state index is 0. The van der Waals surface area contributed by atoms with Gasteiger partial charge in [0.1, 0.15) is 75.9 Å². The van der Waals surface area contributed by atoms with Crippen LogP contribution in [0.15, 0.2) is 111 Å². The number of aliphatic hydroxyl groups is 1. The fourth-order valence-corrected chi connectivity index (χ4v) is 7.21. The smallest absolute Gasteiger partial charge is 0.545 e. The van der Waals surface area contributed by atoms with Gasteiger partial charge in [0.2, 0.25) is 5.43 Å². The average Bonchev–Trinajstić information content (AvgIpc) is 3.23. The minimum atomic E-state index is -3.03. The first-order valence-electron chi connectivity index (χ1n) is 19.0. The fraction of sp³-hybridized carbons (Fsp3) is 0.227. The molecule has 4 aromatic carbocycles. The van der Waals surface area contributed by atoms with Crippen LogP contribution in [0, 0.1) is 4.78 Å². The van der Waals surface area contributed by atoms with Crippen molar-refractivity contribution < 1.29 is 172 Å². The molecule has 0 spiro atoms. The summed E-state index contributed by atoms with van der Waals surface area (Å²) in [7, 11) is -3.03. The number of unbranched alkanes of at least 4 members (excludes halogenated alkanes) is 3. The first kappa shape index (κ1) is 55.7. The van der Waals surface area contributed by atoms with Crippen molar-refractivity contribution in [2.45, 2.75) is 50.0 Å². The second kappa shape index (κ2) is 24.4. The molecule has 322 valence electrons. The zero-order valence-electron chi connectivity index (χ0n) is 36.0. The van der Waals surface area contributed by atoms with Crippen molar-refractivity contribution in [1.29, 1.82) is 4.78 Å². The van der Waals surface area contributed by atoms with Gasteiger partial charge in [-0.3, -0.25) is 14.4 Å². The van der Waals surface area contributed by atoms with E-state index in [9.17, 15) is 53.4 Å². The van der Waals surface area contributed by atoms with Crippen molar-refractivity contribution >= 4 is 71.5 Å². The van der Waals surface area contributed by atoms with Crippen LogP contribution in [0.2, 0.25) is 0 Å². The summed E-state index contributed by atoms with van der Waals surface area (Å²) in [5.41, 5.74) is -0.485. The number of hydrogen-bond donors (Lipinski definition) is 2. The number of aliphatic hydroxyl groups excluding tert-OH is 1. The Morgan fingerprint density at radius 1 is 0.708 bits per heavy atom. The third-order valence-electron chi connectivity index (χ3n) is 9.50. The molecule has 1 atom stereocenters. The largest absolute Gasteiger partial charge is 1.00 e. The zero-order chi connectivity index (χ0) is 44.9. The third-order valence-corrected chi connectivity index (χ3v) is 10.6. The molecule has 0 amide bonds. The van der Waals surface area contributed by atoms with Gasteiger partial charge in [0.15, 0.2) is 22.4 Å². The second-order valence-electron chi connectivity index (χ2n) is 14.1. The first-order valence-corrected chi connectivity index (χ1v) is 20.9. The van der Waals surface area contributed by atoms with E-state index in [-0.39, 0.29) is 184 Å². The third kappa shape index (κ3) is 13.5. The van der Waals surface area contributed by atoms with Gasteiger partial charge in [0.25, 0.3) is 0 Å². The number of carboxylic acid groups (broad SMARTS) is 3. The molecule has 3 heterocycles. The van der Waals surface area contributed by atoms with Crippen molar-refractivity contribution in [3.05, 3.63) is 132 Å². The van der Waals surface area contributed by atoms with E-state index in [0.29, 0.717) is 12.0 Å². The predicted octanol–water partition coefficient (Wildman–Crippen LogP) is -6.07. The maximum absolute atomic E-state index is 13.0. The number of rotatable bonds is 15. The molecule has 0 saturated heterocycles. The van der Waals surface area contributed by atoms with E-state index >= 15 is 0 Å². The van der Waals surface area contributed by atoms with E-state index in [1.807, 2.05) is 0 Å².